The topological polar surface area (TPSA) is 53.9 Å². The van der Waals surface area contributed by atoms with E-state index in [1.165, 1.54) is 29.0 Å². The maximum absolute atomic E-state index is 12.4. The highest BCUT2D eigenvalue weighted by molar-refractivity contribution is 7.14. The molecule has 2 heterocycles. The molecule has 148 valence electrons. The first-order valence-electron chi connectivity index (χ1n) is 10.1. The molecule has 2 aromatic rings. The molecule has 2 aliphatic rings. The summed E-state index contributed by atoms with van der Waals surface area (Å²) in [5.74, 6) is 0.644. The Morgan fingerprint density at radius 1 is 1.32 bits per heavy atom. The van der Waals surface area contributed by atoms with Crippen LogP contribution in [0.2, 0.25) is 0 Å². The van der Waals surface area contributed by atoms with Gasteiger partial charge in [0.15, 0.2) is 0 Å². The number of ether oxygens (including phenoxy) is 1. The number of hydrogen-bond donors (Lipinski definition) is 1. The molecule has 1 N–H and O–H groups in total. The number of fused-ring (bicyclic) bond motifs is 1. The highest BCUT2D eigenvalue weighted by Crippen LogP contribution is 2.33. The number of morpholine rings is 1. The summed E-state index contributed by atoms with van der Waals surface area (Å²) in [6.45, 7) is 5.65. The zero-order chi connectivity index (χ0) is 19.3. The normalized spacial score (nSPS) is 19.6. The average molecular weight is 398 g/mol. The van der Waals surface area contributed by atoms with Crippen LogP contribution < -0.4 is 10.3 Å². The molecule has 5 nitrogen and oxygen atoms in total. The number of anilines is 1. The van der Waals surface area contributed by atoms with E-state index in [-0.39, 0.29) is 5.91 Å². The van der Waals surface area contributed by atoms with Crippen molar-refractivity contribution < 1.29 is 9.53 Å². The largest absolute Gasteiger partial charge is 0.378 e. The third kappa shape index (κ3) is 4.45. The van der Waals surface area contributed by atoms with Gasteiger partial charge in [0.05, 0.1) is 24.3 Å². The first-order chi connectivity index (χ1) is 13.7. The summed E-state index contributed by atoms with van der Waals surface area (Å²) in [5.41, 5.74) is 6.19. The molecule has 1 aromatic heterocycles. The smallest absolute Gasteiger partial charge is 0.281 e. The molecule has 0 radical (unpaired) electrons. The number of carbonyl (C=O) groups is 1. The van der Waals surface area contributed by atoms with Gasteiger partial charge in [-0.05, 0) is 54.5 Å². The Morgan fingerprint density at radius 3 is 2.86 bits per heavy atom. The Labute approximate surface area is 170 Å². The number of hydrogen-bond acceptors (Lipinski definition) is 5. The number of nitrogens with one attached hydrogen (secondary N) is 1. The van der Waals surface area contributed by atoms with Crippen molar-refractivity contribution in [2.24, 2.45) is 11.0 Å². The first-order valence-corrected chi connectivity index (χ1v) is 10.9. The molecule has 0 bridgehead atoms. The van der Waals surface area contributed by atoms with E-state index in [2.05, 4.69) is 40.5 Å². The van der Waals surface area contributed by atoms with Crippen molar-refractivity contribution in [1.29, 1.82) is 0 Å². The lowest BCUT2D eigenvalue weighted by Gasteiger charge is -2.28. The van der Waals surface area contributed by atoms with Gasteiger partial charge >= 0.3 is 0 Å². The zero-order valence-electron chi connectivity index (χ0n) is 16.3. The number of rotatable bonds is 5. The summed E-state index contributed by atoms with van der Waals surface area (Å²) in [5, 5.41) is 4.15. The molecule has 0 saturated carbocycles. The van der Waals surface area contributed by atoms with Crippen LogP contribution in [0, 0.1) is 5.92 Å². The number of benzene rings is 1. The lowest BCUT2D eigenvalue weighted by molar-refractivity contribution is 0.0959. The summed E-state index contributed by atoms with van der Waals surface area (Å²) in [4.78, 5) is 16.9. The zero-order valence-corrected chi connectivity index (χ0v) is 17.1. The van der Waals surface area contributed by atoms with Crippen LogP contribution in [-0.4, -0.2) is 38.4 Å². The van der Waals surface area contributed by atoms with Gasteiger partial charge in [-0.3, -0.25) is 4.79 Å². The van der Waals surface area contributed by atoms with Crippen molar-refractivity contribution in [3.63, 3.8) is 0 Å². The van der Waals surface area contributed by atoms with Crippen LogP contribution in [0.3, 0.4) is 0 Å². The van der Waals surface area contributed by atoms with Crippen LogP contribution in [-0.2, 0) is 17.6 Å². The standard InChI is InChI=1S/C22H27N3O2S/c1-2-16-5-8-20-18(13-16)14-21(28-20)22(26)24-23-15-17-3-6-19(7-4-17)25-9-11-27-12-10-25/h3-4,6-7,14-16H,2,5,8-13H2,1H3,(H,24,26)/b23-15-/t16-/m1/s1. The molecule has 1 aliphatic carbocycles. The van der Waals surface area contributed by atoms with E-state index in [0.717, 1.165) is 55.5 Å². The highest BCUT2D eigenvalue weighted by atomic mass is 32.1. The van der Waals surface area contributed by atoms with Crippen molar-refractivity contribution in [2.75, 3.05) is 31.2 Å². The van der Waals surface area contributed by atoms with Gasteiger partial charge in [-0.15, -0.1) is 11.3 Å². The van der Waals surface area contributed by atoms with Crippen molar-refractivity contribution in [1.82, 2.24) is 5.43 Å². The Kier molecular flexibility index (Phi) is 6.07. The maximum atomic E-state index is 12.4. The van der Waals surface area contributed by atoms with Crippen LogP contribution in [0.15, 0.2) is 35.4 Å². The summed E-state index contributed by atoms with van der Waals surface area (Å²) < 4.78 is 5.39. The molecule has 1 fully saturated rings. The van der Waals surface area contributed by atoms with Gasteiger partial charge in [-0.25, -0.2) is 5.43 Å². The minimum absolute atomic E-state index is 0.117. The monoisotopic (exact) mass is 397 g/mol. The van der Waals surface area contributed by atoms with Crippen LogP contribution in [0.4, 0.5) is 5.69 Å². The Balaban J connectivity index is 1.33. The predicted octanol–water partition coefficient (Wildman–Crippen LogP) is 3.86. The lowest BCUT2D eigenvalue weighted by atomic mass is 9.87. The minimum Gasteiger partial charge on any atom is -0.378 e. The van der Waals surface area contributed by atoms with E-state index in [1.54, 1.807) is 17.6 Å². The van der Waals surface area contributed by atoms with E-state index in [1.807, 2.05) is 12.1 Å². The number of amides is 1. The molecular formula is C22H27N3O2S. The summed E-state index contributed by atoms with van der Waals surface area (Å²) in [7, 11) is 0. The SMILES string of the molecule is CC[C@@H]1CCc2sc(C(=O)N/N=C\c3ccc(N4CCOCC4)cc3)cc2C1. The first kappa shape index (κ1) is 19.2. The van der Waals surface area contributed by atoms with Crippen LogP contribution in [0.25, 0.3) is 0 Å². The van der Waals surface area contributed by atoms with Crippen molar-refractivity contribution in [3.8, 4) is 0 Å². The fraction of sp³-hybridized carbons (Fsp3) is 0.455. The third-order valence-electron chi connectivity index (χ3n) is 5.64. The van der Waals surface area contributed by atoms with E-state index in [9.17, 15) is 4.79 Å². The Morgan fingerprint density at radius 2 is 2.11 bits per heavy atom. The molecule has 1 aromatic carbocycles. The molecule has 1 aliphatic heterocycles. The van der Waals surface area contributed by atoms with E-state index in [4.69, 9.17) is 4.74 Å². The highest BCUT2D eigenvalue weighted by Gasteiger charge is 2.21. The number of hydrazone groups is 1. The average Bonchev–Trinajstić information content (AvgIpc) is 3.18. The van der Waals surface area contributed by atoms with Crippen LogP contribution in [0.5, 0.6) is 0 Å². The second-order valence-corrected chi connectivity index (χ2v) is 8.60. The van der Waals surface area contributed by atoms with Crippen molar-refractivity contribution in [3.05, 3.63) is 51.2 Å². The van der Waals surface area contributed by atoms with E-state index >= 15 is 0 Å². The molecule has 4 rings (SSSR count). The van der Waals surface area contributed by atoms with E-state index < -0.39 is 0 Å². The molecule has 6 heteroatoms. The lowest BCUT2D eigenvalue weighted by Crippen LogP contribution is -2.36. The van der Waals surface area contributed by atoms with Gasteiger partial charge in [0, 0.05) is 23.7 Å². The number of nitrogens with zero attached hydrogens (tertiary/aromatic N) is 2. The van der Waals surface area contributed by atoms with Crippen molar-refractivity contribution in [2.45, 2.75) is 32.6 Å². The second-order valence-electron chi connectivity index (χ2n) is 7.47. The number of carbonyl (C=O) groups excluding carboxylic acids is 1. The maximum Gasteiger partial charge on any atom is 0.281 e. The predicted molar refractivity (Wildman–Crippen MR) is 115 cm³/mol. The quantitative estimate of drug-likeness (QED) is 0.616. The molecule has 0 spiro atoms. The van der Waals surface area contributed by atoms with E-state index in [0.29, 0.717) is 0 Å². The van der Waals surface area contributed by atoms with Crippen LogP contribution >= 0.6 is 11.3 Å². The fourth-order valence-corrected chi connectivity index (χ4v) is 4.97. The van der Waals surface area contributed by atoms with Gasteiger partial charge in [0.1, 0.15) is 0 Å². The van der Waals surface area contributed by atoms with Gasteiger partial charge in [0.25, 0.3) is 5.91 Å². The fourth-order valence-electron chi connectivity index (χ4n) is 3.87. The molecule has 0 unspecified atom stereocenters. The Hall–Kier alpha value is -2.18. The second kappa shape index (κ2) is 8.88. The summed E-state index contributed by atoms with van der Waals surface area (Å²) >= 11 is 1.62. The molecular weight excluding hydrogens is 370 g/mol. The Bertz CT molecular complexity index is 838. The minimum atomic E-state index is -0.117. The summed E-state index contributed by atoms with van der Waals surface area (Å²) in [6.07, 6.45) is 6.36. The summed E-state index contributed by atoms with van der Waals surface area (Å²) in [6, 6.07) is 10.3. The van der Waals surface area contributed by atoms with Gasteiger partial charge in [0.2, 0.25) is 0 Å². The van der Waals surface area contributed by atoms with Gasteiger partial charge in [-0.2, -0.15) is 5.10 Å². The molecule has 28 heavy (non-hydrogen) atoms. The third-order valence-corrected chi connectivity index (χ3v) is 6.87. The molecule has 1 saturated heterocycles. The number of aryl methyl sites for hydroxylation is 1. The molecule has 1 amide bonds. The number of thiophene rings is 1. The van der Waals surface area contributed by atoms with Gasteiger partial charge in [-0.1, -0.05) is 25.5 Å². The van der Waals surface area contributed by atoms with Crippen LogP contribution in [0.1, 0.15) is 45.4 Å². The van der Waals surface area contributed by atoms with Crippen molar-refractivity contribution >= 4 is 29.1 Å². The van der Waals surface area contributed by atoms with Gasteiger partial charge < -0.3 is 9.64 Å². The molecule has 1 atom stereocenters.